The number of fused-ring (bicyclic) bond motifs is 1. The normalized spacial score (nSPS) is 11.8. The van der Waals surface area contributed by atoms with Gasteiger partial charge in [0.15, 0.2) is 0 Å². The second kappa shape index (κ2) is 6.00. The van der Waals surface area contributed by atoms with Crippen LogP contribution in [0.5, 0.6) is 0 Å². The summed E-state index contributed by atoms with van der Waals surface area (Å²) in [5.74, 6) is -2.15. The van der Waals surface area contributed by atoms with Crippen LogP contribution in [-0.4, -0.2) is 28.7 Å². The van der Waals surface area contributed by atoms with Gasteiger partial charge >= 0.3 is 0 Å². The van der Waals surface area contributed by atoms with Crippen molar-refractivity contribution in [2.75, 3.05) is 0 Å². The number of primary amides is 2. The third kappa shape index (κ3) is 3.53. The highest BCUT2D eigenvalue weighted by Crippen LogP contribution is 2.11. The summed E-state index contributed by atoms with van der Waals surface area (Å²) in [5.41, 5.74) is 10.9. The molecule has 3 amide bonds. The number of carbonyl (C=O) groups excluding carboxylic acids is 3. The fourth-order valence-corrected chi connectivity index (χ4v) is 1.85. The second-order valence-corrected chi connectivity index (χ2v) is 4.49. The fraction of sp³-hybridized carbons (Fsp3) is 0.143. The number of benzene rings is 1. The monoisotopic (exact) mass is 286 g/mol. The summed E-state index contributed by atoms with van der Waals surface area (Å²) < 4.78 is 0. The summed E-state index contributed by atoms with van der Waals surface area (Å²) >= 11 is 0. The van der Waals surface area contributed by atoms with Gasteiger partial charge in [-0.1, -0.05) is 24.3 Å². The third-order valence-electron chi connectivity index (χ3n) is 2.89. The number of carbonyl (C=O) groups is 3. The Bertz CT molecular complexity index is 714. The van der Waals surface area contributed by atoms with Crippen molar-refractivity contribution in [2.45, 2.75) is 12.5 Å². The van der Waals surface area contributed by atoms with Crippen LogP contribution in [0.3, 0.4) is 0 Å². The summed E-state index contributed by atoms with van der Waals surface area (Å²) in [6.45, 7) is 0. The molecule has 1 aromatic carbocycles. The van der Waals surface area contributed by atoms with Crippen LogP contribution in [0.15, 0.2) is 36.4 Å². The molecule has 1 heterocycles. The van der Waals surface area contributed by atoms with Crippen molar-refractivity contribution in [3.63, 3.8) is 0 Å². The molecule has 2 rings (SSSR count). The van der Waals surface area contributed by atoms with Crippen LogP contribution in [0.4, 0.5) is 0 Å². The standard InChI is InChI=1S/C14H14N4O3/c15-12(19)7-11(13(16)20)18-14(21)10-6-5-8-3-1-2-4-9(8)17-10/h1-6,11H,7H2,(H2,15,19)(H2,16,20)(H,18,21)/t11-/m1/s1. The lowest BCUT2D eigenvalue weighted by molar-refractivity contribution is -0.124. The lowest BCUT2D eigenvalue weighted by Crippen LogP contribution is -2.46. The lowest BCUT2D eigenvalue weighted by Gasteiger charge is -2.13. The average Bonchev–Trinajstić information content (AvgIpc) is 2.45. The first-order valence-corrected chi connectivity index (χ1v) is 6.21. The van der Waals surface area contributed by atoms with E-state index >= 15 is 0 Å². The average molecular weight is 286 g/mol. The molecule has 108 valence electrons. The van der Waals surface area contributed by atoms with E-state index in [2.05, 4.69) is 10.3 Å². The number of para-hydroxylation sites is 1. The zero-order valence-corrected chi connectivity index (χ0v) is 11.1. The highest BCUT2D eigenvalue weighted by atomic mass is 16.2. The van der Waals surface area contributed by atoms with Crippen LogP contribution in [0.1, 0.15) is 16.9 Å². The van der Waals surface area contributed by atoms with Crippen molar-refractivity contribution in [2.24, 2.45) is 11.5 Å². The Morgan fingerprint density at radius 2 is 1.81 bits per heavy atom. The number of rotatable bonds is 5. The molecule has 1 aromatic heterocycles. The van der Waals surface area contributed by atoms with Gasteiger partial charge in [-0.2, -0.15) is 0 Å². The minimum absolute atomic E-state index is 0.129. The highest BCUT2D eigenvalue weighted by Gasteiger charge is 2.21. The lowest BCUT2D eigenvalue weighted by atomic mass is 10.1. The van der Waals surface area contributed by atoms with Gasteiger partial charge in [0.05, 0.1) is 11.9 Å². The maximum atomic E-state index is 12.1. The van der Waals surface area contributed by atoms with Gasteiger partial charge in [0, 0.05) is 5.39 Å². The van der Waals surface area contributed by atoms with E-state index in [1.54, 1.807) is 18.2 Å². The largest absolute Gasteiger partial charge is 0.370 e. The first kappa shape index (κ1) is 14.4. The van der Waals surface area contributed by atoms with E-state index in [1.807, 2.05) is 12.1 Å². The van der Waals surface area contributed by atoms with Crippen molar-refractivity contribution in [3.05, 3.63) is 42.1 Å². The van der Waals surface area contributed by atoms with Gasteiger partial charge in [-0.15, -0.1) is 0 Å². The van der Waals surface area contributed by atoms with E-state index in [0.717, 1.165) is 5.39 Å². The predicted molar refractivity (Wildman–Crippen MR) is 76.0 cm³/mol. The molecule has 2 aromatic rings. The summed E-state index contributed by atoms with van der Waals surface area (Å²) in [7, 11) is 0. The Morgan fingerprint density at radius 1 is 1.10 bits per heavy atom. The van der Waals surface area contributed by atoms with Crippen molar-refractivity contribution < 1.29 is 14.4 Å². The molecule has 0 aliphatic heterocycles. The second-order valence-electron chi connectivity index (χ2n) is 4.49. The van der Waals surface area contributed by atoms with Crippen molar-refractivity contribution in [1.82, 2.24) is 10.3 Å². The van der Waals surface area contributed by atoms with Crippen molar-refractivity contribution in [1.29, 1.82) is 0 Å². The molecule has 21 heavy (non-hydrogen) atoms. The van der Waals surface area contributed by atoms with Gasteiger partial charge in [0.1, 0.15) is 11.7 Å². The number of nitrogens with one attached hydrogen (secondary N) is 1. The van der Waals surface area contributed by atoms with Crippen LogP contribution in [0.2, 0.25) is 0 Å². The molecule has 0 spiro atoms. The van der Waals surface area contributed by atoms with E-state index in [4.69, 9.17) is 11.5 Å². The summed E-state index contributed by atoms with van der Waals surface area (Å²) in [4.78, 5) is 38.3. The zero-order chi connectivity index (χ0) is 15.4. The quantitative estimate of drug-likeness (QED) is 0.696. The first-order chi connectivity index (χ1) is 9.97. The Hall–Kier alpha value is -2.96. The molecule has 7 nitrogen and oxygen atoms in total. The highest BCUT2D eigenvalue weighted by molar-refractivity contribution is 5.98. The van der Waals surface area contributed by atoms with E-state index in [-0.39, 0.29) is 12.1 Å². The number of hydrogen-bond acceptors (Lipinski definition) is 4. The van der Waals surface area contributed by atoms with Crippen LogP contribution < -0.4 is 16.8 Å². The summed E-state index contributed by atoms with van der Waals surface area (Å²) in [5, 5.41) is 3.24. The molecule has 7 heteroatoms. The SMILES string of the molecule is NC(=O)C[C@@H](NC(=O)c1ccc2ccccc2n1)C(N)=O. The molecule has 5 N–H and O–H groups in total. The molecular weight excluding hydrogens is 272 g/mol. The fourth-order valence-electron chi connectivity index (χ4n) is 1.85. The molecule has 0 bridgehead atoms. The zero-order valence-electron chi connectivity index (χ0n) is 11.1. The van der Waals surface area contributed by atoms with Gasteiger partial charge in [0.2, 0.25) is 11.8 Å². The van der Waals surface area contributed by atoms with E-state index in [1.165, 1.54) is 6.07 Å². The predicted octanol–water partition coefficient (Wildman–Crippen LogP) is -0.306. The van der Waals surface area contributed by atoms with E-state index < -0.39 is 23.8 Å². The van der Waals surface area contributed by atoms with Gasteiger partial charge in [-0.3, -0.25) is 14.4 Å². The maximum Gasteiger partial charge on any atom is 0.270 e. The smallest absolute Gasteiger partial charge is 0.270 e. The van der Waals surface area contributed by atoms with Gasteiger partial charge in [-0.05, 0) is 12.1 Å². The van der Waals surface area contributed by atoms with Crippen LogP contribution in [-0.2, 0) is 9.59 Å². The number of aromatic nitrogens is 1. The van der Waals surface area contributed by atoms with Crippen LogP contribution in [0, 0.1) is 0 Å². The van der Waals surface area contributed by atoms with Crippen LogP contribution in [0.25, 0.3) is 10.9 Å². The minimum Gasteiger partial charge on any atom is -0.370 e. The molecule has 0 fully saturated rings. The molecule has 0 saturated carbocycles. The van der Waals surface area contributed by atoms with Crippen molar-refractivity contribution >= 4 is 28.6 Å². The maximum absolute atomic E-state index is 12.1. The van der Waals surface area contributed by atoms with E-state index in [0.29, 0.717) is 5.52 Å². The number of pyridine rings is 1. The summed E-state index contributed by atoms with van der Waals surface area (Å²) in [6, 6.07) is 9.41. The molecule has 0 radical (unpaired) electrons. The molecule has 0 aliphatic carbocycles. The topological polar surface area (TPSA) is 128 Å². The van der Waals surface area contributed by atoms with Gasteiger partial charge < -0.3 is 16.8 Å². The molecule has 1 atom stereocenters. The number of amides is 3. The third-order valence-corrected chi connectivity index (χ3v) is 2.89. The number of nitrogens with two attached hydrogens (primary N) is 2. The Labute approximate surface area is 120 Å². The van der Waals surface area contributed by atoms with E-state index in [9.17, 15) is 14.4 Å². The Morgan fingerprint density at radius 3 is 2.48 bits per heavy atom. The van der Waals surface area contributed by atoms with Gasteiger partial charge in [0.25, 0.3) is 5.91 Å². The molecule has 0 aliphatic rings. The first-order valence-electron chi connectivity index (χ1n) is 6.21. The Kier molecular flexibility index (Phi) is 4.13. The number of nitrogens with zero attached hydrogens (tertiary/aromatic N) is 1. The van der Waals surface area contributed by atoms with Crippen molar-refractivity contribution in [3.8, 4) is 0 Å². The van der Waals surface area contributed by atoms with Crippen LogP contribution >= 0.6 is 0 Å². The molecule has 0 unspecified atom stereocenters. The minimum atomic E-state index is -1.15. The summed E-state index contributed by atoms with van der Waals surface area (Å²) in [6.07, 6.45) is -0.353. The van der Waals surface area contributed by atoms with Gasteiger partial charge in [-0.25, -0.2) is 4.98 Å². The molecular formula is C14H14N4O3. The molecule has 0 saturated heterocycles. The Balaban J connectivity index is 2.20. The number of hydrogen-bond donors (Lipinski definition) is 3.